The van der Waals surface area contributed by atoms with Crippen LogP contribution in [0.25, 0.3) is 0 Å². The quantitative estimate of drug-likeness (QED) is 0.611. The van der Waals surface area contributed by atoms with Gasteiger partial charge in [0.15, 0.2) is 5.11 Å². The van der Waals surface area contributed by atoms with Crippen LogP contribution in [0.3, 0.4) is 0 Å². The van der Waals surface area contributed by atoms with Crippen molar-refractivity contribution < 1.29 is 4.74 Å². The third-order valence-electron chi connectivity index (χ3n) is 4.58. The van der Waals surface area contributed by atoms with Crippen LogP contribution >= 0.6 is 19.4 Å². The van der Waals surface area contributed by atoms with E-state index in [-0.39, 0.29) is 5.16 Å². The second-order valence-electron chi connectivity index (χ2n) is 7.42. The van der Waals surface area contributed by atoms with E-state index >= 15 is 0 Å². The Kier molecular flexibility index (Phi) is 6.43. The number of rotatable bonds is 3. The molecule has 0 unspecified atom stereocenters. The van der Waals surface area contributed by atoms with E-state index in [2.05, 4.69) is 60.0 Å². The molecular weight excluding hydrogens is 375 g/mol. The number of hydrogen-bond acceptors (Lipinski definition) is 3. The van der Waals surface area contributed by atoms with E-state index in [9.17, 15) is 0 Å². The van der Waals surface area contributed by atoms with Crippen molar-refractivity contribution in [2.24, 2.45) is 4.74 Å². The van der Waals surface area contributed by atoms with Crippen LogP contribution in [0.5, 0.6) is 0 Å². The number of nitrogens with zero attached hydrogens (tertiary/aromatic N) is 3. The number of hydrogen-bond donors (Lipinski definition) is 1. The summed E-state index contributed by atoms with van der Waals surface area (Å²) in [6.07, 6.45) is 1.75. The van der Waals surface area contributed by atoms with Gasteiger partial charge in [0.1, 0.15) is 5.82 Å². The van der Waals surface area contributed by atoms with Gasteiger partial charge >= 0.3 is 0 Å². The lowest BCUT2D eigenvalue weighted by molar-refractivity contribution is 0.0738. The van der Waals surface area contributed by atoms with Crippen molar-refractivity contribution in [1.82, 2.24) is 9.65 Å². The molecule has 1 aromatic heterocycles. The van der Waals surface area contributed by atoms with Crippen molar-refractivity contribution in [3.05, 3.63) is 54.7 Å². The third-order valence-corrected chi connectivity index (χ3v) is 9.51. The first-order chi connectivity index (χ1) is 12.9. The van der Waals surface area contributed by atoms with Crippen LogP contribution in [0.4, 0.5) is 5.82 Å². The number of benzene rings is 1. The summed E-state index contributed by atoms with van der Waals surface area (Å²) in [6.45, 7) is 9.94. The summed E-state index contributed by atoms with van der Waals surface area (Å²) in [6, 6.07) is 16.3. The van der Waals surface area contributed by atoms with Gasteiger partial charge in [-0.2, -0.15) is 0 Å². The molecule has 3 rings (SSSR count). The zero-order chi connectivity index (χ0) is 19.3. The van der Waals surface area contributed by atoms with Gasteiger partial charge in [-0.1, -0.05) is 57.2 Å². The molecule has 1 aliphatic rings. The van der Waals surface area contributed by atoms with E-state index < -0.39 is 7.21 Å². The van der Waals surface area contributed by atoms with Gasteiger partial charge < -0.3 is 10.1 Å². The zero-order valence-electron chi connectivity index (χ0n) is 16.1. The fraction of sp³-hybridized carbons (Fsp3) is 0.400. The Bertz CT molecular complexity index is 815. The SMILES string of the molecule is CC(C)(C)[P@@](=NC(=S)Nc1ccccn1)(c1ccccc1)N1CCOCC1. The van der Waals surface area contributed by atoms with E-state index in [0.717, 1.165) is 26.3 Å². The molecule has 27 heavy (non-hydrogen) atoms. The van der Waals surface area contributed by atoms with Crippen molar-refractivity contribution in [3.63, 3.8) is 0 Å². The third kappa shape index (κ3) is 4.46. The van der Waals surface area contributed by atoms with Crippen LogP contribution in [0.2, 0.25) is 0 Å². The van der Waals surface area contributed by atoms with Gasteiger partial charge in [0, 0.05) is 29.7 Å². The fourth-order valence-electron chi connectivity index (χ4n) is 3.43. The first kappa shape index (κ1) is 20.2. The maximum Gasteiger partial charge on any atom is 0.198 e. The Hall–Kier alpha value is -1.59. The molecule has 0 amide bonds. The Morgan fingerprint density at radius 1 is 1.11 bits per heavy atom. The summed E-state index contributed by atoms with van der Waals surface area (Å²) in [7, 11) is -2.15. The summed E-state index contributed by atoms with van der Waals surface area (Å²) >= 11 is 5.67. The average Bonchev–Trinajstić information content (AvgIpc) is 2.67. The fourth-order valence-corrected chi connectivity index (χ4v) is 8.02. The molecule has 0 bridgehead atoms. The van der Waals surface area contributed by atoms with Crippen LogP contribution in [-0.4, -0.2) is 46.2 Å². The molecule has 2 aromatic rings. The van der Waals surface area contributed by atoms with Crippen molar-refractivity contribution >= 4 is 35.7 Å². The van der Waals surface area contributed by atoms with Crippen LogP contribution in [0.15, 0.2) is 59.5 Å². The van der Waals surface area contributed by atoms with Gasteiger partial charge in [0.2, 0.25) is 0 Å². The minimum absolute atomic E-state index is 0.0818. The molecule has 7 heteroatoms. The lowest BCUT2D eigenvalue weighted by atomic mass is 10.3. The maximum atomic E-state index is 5.67. The highest BCUT2D eigenvalue weighted by Gasteiger charge is 2.41. The second-order valence-corrected chi connectivity index (χ2v) is 11.6. The van der Waals surface area contributed by atoms with E-state index in [1.165, 1.54) is 5.30 Å². The van der Waals surface area contributed by atoms with Crippen molar-refractivity contribution in [2.75, 3.05) is 31.6 Å². The molecule has 1 saturated heterocycles. The van der Waals surface area contributed by atoms with Gasteiger partial charge in [-0.05, 0) is 24.4 Å². The minimum atomic E-state index is -2.15. The number of pyridine rings is 1. The largest absolute Gasteiger partial charge is 0.379 e. The molecule has 0 aliphatic carbocycles. The molecule has 5 nitrogen and oxygen atoms in total. The molecule has 0 saturated carbocycles. The topological polar surface area (TPSA) is 49.8 Å². The minimum Gasteiger partial charge on any atom is -0.379 e. The predicted molar refractivity (Wildman–Crippen MR) is 118 cm³/mol. The van der Waals surface area contributed by atoms with Crippen molar-refractivity contribution in [2.45, 2.75) is 25.9 Å². The average molecular weight is 403 g/mol. The normalized spacial score (nSPS) is 17.7. The monoisotopic (exact) mass is 402 g/mol. The Labute approximate surface area is 167 Å². The molecular formula is C20H27N4OPS. The molecule has 1 aliphatic heterocycles. The lowest BCUT2D eigenvalue weighted by Crippen LogP contribution is -2.43. The number of morpholine rings is 1. The smallest absolute Gasteiger partial charge is 0.198 e. The number of ether oxygens (including phenoxy) is 1. The summed E-state index contributed by atoms with van der Waals surface area (Å²) in [5.41, 5.74) is 0. The highest BCUT2D eigenvalue weighted by atomic mass is 32.1. The van der Waals surface area contributed by atoms with Crippen molar-refractivity contribution in [3.8, 4) is 0 Å². The standard InChI is InChI=1S/C20H27N4OPS/c1-20(2,3)26(17-9-5-4-6-10-17,24-13-15-25-16-14-24)23-19(27)22-18-11-7-8-12-21-18/h4-12H,13-16H2,1-3H3,(H,21,22,27)/t26-/m1/s1. The van der Waals surface area contributed by atoms with Crippen LogP contribution in [-0.2, 0) is 4.74 Å². The van der Waals surface area contributed by atoms with E-state index in [0.29, 0.717) is 10.9 Å². The summed E-state index contributed by atoms with van der Waals surface area (Å²) in [5, 5.41) is 4.84. The Balaban J connectivity index is 2.11. The number of thiocarbonyl (C=S) groups is 1. The Morgan fingerprint density at radius 3 is 2.37 bits per heavy atom. The van der Waals surface area contributed by atoms with Gasteiger partial charge in [0.25, 0.3) is 0 Å². The molecule has 2 heterocycles. The first-order valence-corrected chi connectivity index (χ1v) is 11.3. The van der Waals surface area contributed by atoms with Crippen molar-refractivity contribution in [1.29, 1.82) is 0 Å². The summed E-state index contributed by atoms with van der Waals surface area (Å²) in [4.78, 5) is 4.32. The highest BCUT2D eigenvalue weighted by molar-refractivity contribution is 7.82. The highest BCUT2D eigenvalue weighted by Crippen LogP contribution is 2.62. The molecule has 1 fully saturated rings. The van der Waals surface area contributed by atoms with Gasteiger partial charge in [0.05, 0.1) is 20.4 Å². The number of aromatic nitrogens is 1. The van der Waals surface area contributed by atoms with E-state index in [4.69, 9.17) is 21.7 Å². The molecule has 0 radical (unpaired) electrons. The first-order valence-electron chi connectivity index (χ1n) is 9.17. The molecule has 1 N–H and O–H groups in total. The van der Waals surface area contributed by atoms with Crippen LogP contribution in [0.1, 0.15) is 20.8 Å². The summed E-state index contributed by atoms with van der Waals surface area (Å²) < 4.78 is 13.3. The Morgan fingerprint density at radius 2 is 1.78 bits per heavy atom. The second kappa shape index (κ2) is 8.61. The summed E-state index contributed by atoms with van der Waals surface area (Å²) in [5.74, 6) is 0.716. The van der Waals surface area contributed by atoms with Crippen LogP contribution < -0.4 is 10.6 Å². The van der Waals surface area contributed by atoms with Gasteiger partial charge in [-0.15, -0.1) is 0 Å². The van der Waals surface area contributed by atoms with Crippen LogP contribution in [0, 0.1) is 0 Å². The van der Waals surface area contributed by atoms with E-state index in [1.54, 1.807) is 6.20 Å². The van der Waals surface area contributed by atoms with E-state index in [1.807, 2.05) is 24.3 Å². The molecule has 144 valence electrons. The lowest BCUT2D eigenvalue weighted by Gasteiger charge is -2.46. The molecule has 1 aromatic carbocycles. The van der Waals surface area contributed by atoms with Gasteiger partial charge in [-0.25, -0.2) is 9.73 Å². The molecule has 0 spiro atoms. The number of nitrogens with one attached hydrogen (secondary N) is 1. The maximum absolute atomic E-state index is 5.67. The number of anilines is 1. The zero-order valence-corrected chi connectivity index (χ0v) is 17.8. The van der Waals surface area contributed by atoms with Gasteiger partial charge in [-0.3, -0.25) is 4.67 Å². The molecule has 1 atom stereocenters. The predicted octanol–water partition coefficient (Wildman–Crippen LogP) is 4.35.